The Labute approximate surface area is 302 Å². The lowest BCUT2D eigenvalue weighted by Gasteiger charge is -2.36. The lowest BCUT2D eigenvalue weighted by Crippen LogP contribution is -2.54. The molecule has 51 heavy (non-hydrogen) atoms. The molecule has 0 aromatic heterocycles. The fourth-order valence-corrected chi connectivity index (χ4v) is 6.70. The van der Waals surface area contributed by atoms with Crippen LogP contribution >= 0.6 is 0 Å². The van der Waals surface area contributed by atoms with Gasteiger partial charge in [0.25, 0.3) is 0 Å². The van der Waals surface area contributed by atoms with E-state index in [0.717, 1.165) is 27.8 Å². The fourth-order valence-electron chi connectivity index (χ4n) is 5.74. The highest BCUT2D eigenvalue weighted by atomic mass is 28.4. The van der Waals surface area contributed by atoms with Crippen molar-refractivity contribution in [3.8, 4) is 11.1 Å². The zero-order valence-electron chi connectivity index (χ0n) is 30.8. The Hall–Kier alpha value is -4.68. The number of nitrogens with two attached hydrogens (primary N) is 1. The number of hydrogen-bond donors (Lipinski definition) is 5. The van der Waals surface area contributed by atoms with Gasteiger partial charge in [0.1, 0.15) is 18.7 Å². The van der Waals surface area contributed by atoms with Crippen molar-refractivity contribution in [2.75, 3.05) is 18.5 Å². The van der Waals surface area contributed by atoms with Gasteiger partial charge in [-0.2, -0.15) is 0 Å². The first-order valence-corrected chi connectivity index (χ1v) is 20.5. The first-order chi connectivity index (χ1) is 24.1. The van der Waals surface area contributed by atoms with Crippen LogP contribution < -0.4 is 27.0 Å². The number of benzene rings is 3. The second-order valence-corrected chi connectivity index (χ2v) is 19.7. The monoisotopic (exact) mass is 715 g/mol. The number of urea groups is 1. The van der Waals surface area contributed by atoms with Gasteiger partial charge in [0.2, 0.25) is 11.8 Å². The summed E-state index contributed by atoms with van der Waals surface area (Å²) >= 11 is 0. The van der Waals surface area contributed by atoms with E-state index in [1.165, 1.54) is 0 Å². The summed E-state index contributed by atoms with van der Waals surface area (Å²) in [5.74, 6) is -1.40. The van der Waals surface area contributed by atoms with Crippen molar-refractivity contribution in [2.24, 2.45) is 11.7 Å². The molecule has 3 aromatic carbocycles. The number of hydrogen-bond acceptors (Lipinski definition) is 6. The van der Waals surface area contributed by atoms with Crippen molar-refractivity contribution < 1.29 is 28.3 Å². The molecule has 0 aliphatic heterocycles. The van der Waals surface area contributed by atoms with Crippen LogP contribution in [0.5, 0.6) is 0 Å². The molecule has 5 amide bonds. The van der Waals surface area contributed by atoms with Gasteiger partial charge in [0.05, 0.1) is 6.61 Å². The number of amides is 5. The topological polar surface area (TPSA) is 161 Å². The standard InChI is InChI=1S/C39H53N5O6Si/c1-25(2)34(44-38(48)49-24-32-30-15-10-8-13-28(30)29-14-9-11-16-31(29)32)36(46)43-33(17-12-22-41-37(40)47)35(45)42-27-20-18-26(19-21-27)23-50-51(6,7)39(3,4)5/h8-11,13-16,18-21,25,32-34H,12,17,22-24H2,1-7H3,(H,42,45)(H,43,46)(H,44,48)(H3,40,41,47)/t33-,34+/m1/s1. The van der Waals surface area contributed by atoms with Crippen molar-refractivity contribution in [1.82, 2.24) is 16.0 Å². The number of carbonyl (C=O) groups excluding carboxylic acids is 4. The average Bonchev–Trinajstić information content (AvgIpc) is 3.39. The Bertz CT molecular complexity index is 1640. The zero-order chi connectivity index (χ0) is 37.3. The molecule has 0 fully saturated rings. The van der Waals surface area contributed by atoms with Gasteiger partial charge >= 0.3 is 12.1 Å². The van der Waals surface area contributed by atoms with Crippen LogP contribution in [0.4, 0.5) is 15.3 Å². The molecule has 1 aliphatic rings. The van der Waals surface area contributed by atoms with E-state index in [9.17, 15) is 19.2 Å². The predicted molar refractivity (Wildman–Crippen MR) is 203 cm³/mol. The van der Waals surface area contributed by atoms with E-state index >= 15 is 0 Å². The van der Waals surface area contributed by atoms with Crippen molar-refractivity contribution >= 4 is 37.9 Å². The van der Waals surface area contributed by atoms with E-state index in [1.807, 2.05) is 48.5 Å². The van der Waals surface area contributed by atoms with Crippen LogP contribution in [0.1, 0.15) is 70.1 Å². The smallest absolute Gasteiger partial charge is 0.407 e. The van der Waals surface area contributed by atoms with Crippen LogP contribution in [-0.2, 0) is 25.4 Å². The number of primary amides is 1. The Morgan fingerprint density at radius 2 is 1.43 bits per heavy atom. The third-order valence-electron chi connectivity index (χ3n) is 9.80. The summed E-state index contributed by atoms with van der Waals surface area (Å²) in [5, 5.41) is 11.0. The molecule has 3 aromatic rings. The van der Waals surface area contributed by atoms with Crippen LogP contribution in [-0.4, -0.2) is 57.5 Å². The molecule has 0 saturated heterocycles. The number of ether oxygens (including phenoxy) is 1. The molecule has 11 nitrogen and oxygen atoms in total. The molecule has 12 heteroatoms. The van der Waals surface area contributed by atoms with Crippen LogP contribution in [0.3, 0.4) is 0 Å². The maximum absolute atomic E-state index is 13.6. The van der Waals surface area contributed by atoms with E-state index < -0.39 is 44.3 Å². The first-order valence-electron chi connectivity index (χ1n) is 17.6. The normalized spacial score (nSPS) is 13.8. The molecule has 0 bridgehead atoms. The minimum Gasteiger partial charge on any atom is -0.449 e. The van der Waals surface area contributed by atoms with E-state index in [2.05, 4.69) is 67.3 Å². The Balaban J connectivity index is 1.38. The fraction of sp³-hybridized carbons (Fsp3) is 0.436. The lowest BCUT2D eigenvalue weighted by atomic mass is 9.98. The maximum atomic E-state index is 13.6. The second kappa shape index (κ2) is 17.0. The molecule has 0 radical (unpaired) electrons. The summed E-state index contributed by atoms with van der Waals surface area (Å²) in [7, 11) is -1.92. The lowest BCUT2D eigenvalue weighted by molar-refractivity contribution is -0.128. The van der Waals surface area contributed by atoms with Gasteiger partial charge in [-0.15, -0.1) is 0 Å². The summed E-state index contributed by atoms with van der Waals surface area (Å²) in [5.41, 5.74) is 11.1. The van der Waals surface area contributed by atoms with Crippen molar-refractivity contribution in [3.05, 3.63) is 89.5 Å². The SMILES string of the molecule is CC(C)[C@H](NC(=O)OCC1c2ccccc2-c2ccccc21)C(=O)N[C@H](CCCNC(N)=O)C(=O)Nc1ccc(CO[Si](C)(C)C(C)(C)C)cc1. The van der Waals surface area contributed by atoms with Crippen molar-refractivity contribution in [1.29, 1.82) is 0 Å². The number of fused-ring (bicyclic) bond motifs is 3. The Morgan fingerprint density at radius 3 is 1.98 bits per heavy atom. The summed E-state index contributed by atoms with van der Waals surface area (Å²) in [4.78, 5) is 51.5. The molecule has 274 valence electrons. The van der Waals surface area contributed by atoms with Crippen LogP contribution in [0, 0.1) is 5.92 Å². The minimum atomic E-state index is -1.92. The second-order valence-electron chi connectivity index (χ2n) is 14.9. The number of carbonyl (C=O) groups is 4. The molecular weight excluding hydrogens is 663 g/mol. The molecular formula is C39H53N5O6Si. The number of anilines is 1. The number of alkyl carbamates (subject to hydrolysis) is 1. The molecule has 0 heterocycles. The van der Waals surface area contributed by atoms with Gasteiger partial charge in [-0.25, -0.2) is 9.59 Å². The summed E-state index contributed by atoms with van der Waals surface area (Å²) in [6, 6.07) is 20.9. The average molecular weight is 716 g/mol. The Kier molecular flexibility index (Phi) is 13.1. The maximum Gasteiger partial charge on any atom is 0.407 e. The third-order valence-corrected chi connectivity index (χ3v) is 14.3. The quantitative estimate of drug-likeness (QED) is 0.0876. The molecule has 0 unspecified atom stereocenters. The molecule has 4 rings (SSSR count). The molecule has 0 spiro atoms. The van der Waals surface area contributed by atoms with Gasteiger partial charge in [0, 0.05) is 18.2 Å². The van der Waals surface area contributed by atoms with Gasteiger partial charge in [-0.05, 0) is 76.8 Å². The van der Waals surface area contributed by atoms with Gasteiger partial charge in [0.15, 0.2) is 8.32 Å². The van der Waals surface area contributed by atoms with Crippen LogP contribution in [0.2, 0.25) is 18.1 Å². The van der Waals surface area contributed by atoms with E-state index in [1.54, 1.807) is 26.0 Å². The number of nitrogens with one attached hydrogen (secondary N) is 4. The first kappa shape index (κ1) is 39.1. The predicted octanol–water partition coefficient (Wildman–Crippen LogP) is 6.64. The molecule has 2 atom stereocenters. The van der Waals surface area contributed by atoms with E-state index in [4.69, 9.17) is 14.9 Å². The van der Waals surface area contributed by atoms with Gasteiger partial charge in [-0.1, -0.05) is 95.3 Å². The largest absolute Gasteiger partial charge is 0.449 e. The summed E-state index contributed by atoms with van der Waals surface area (Å²) < 4.78 is 12.0. The third kappa shape index (κ3) is 10.4. The molecule has 1 aliphatic carbocycles. The summed E-state index contributed by atoms with van der Waals surface area (Å²) in [6.45, 7) is 15.4. The van der Waals surface area contributed by atoms with Crippen LogP contribution in [0.15, 0.2) is 72.8 Å². The molecule has 6 N–H and O–H groups in total. The molecule has 0 saturated carbocycles. The van der Waals surface area contributed by atoms with Crippen molar-refractivity contribution in [2.45, 2.75) is 90.2 Å². The number of rotatable bonds is 15. The van der Waals surface area contributed by atoms with Crippen molar-refractivity contribution in [3.63, 3.8) is 0 Å². The van der Waals surface area contributed by atoms with Gasteiger partial charge in [-0.3, -0.25) is 9.59 Å². The highest BCUT2D eigenvalue weighted by Gasteiger charge is 2.37. The summed E-state index contributed by atoms with van der Waals surface area (Å²) in [6.07, 6.45) is -0.140. The van der Waals surface area contributed by atoms with E-state index in [0.29, 0.717) is 18.7 Å². The minimum absolute atomic E-state index is 0.0903. The van der Waals surface area contributed by atoms with Gasteiger partial charge < -0.3 is 36.2 Å². The highest BCUT2D eigenvalue weighted by molar-refractivity contribution is 6.74. The highest BCUT2D eigenvalue weighted by Crippen LogP contribution is 2.44. The van der Waals surface area contributed by atoms with Crippen LogP contribution in [0.25, 0.3) is 11.1 Å². The zero-order valence-corrected chi connectivity index (χ0v) is 31.8. The Morgan fingerprint density at radius 1 is 0.843 bits per heavy atom. The van der Waals surface area contributed by atoms with E-state index in [-0.39, 0.29) is 36.4 Å².